The maximum atomic E-state index is 12.9. The molecule has 2 aromatic heterocycles. The molecule has 3 heterocycles. The van der Waals surface area contributed by atoms with E-state index in [1.54, 1.807) is 49.6 Å². The molecule has 1 aliphatic rings. The summed E-state index contributed by atoms with van der Waals surface area (Å²) in [5, 5.41) is 10.4. The van der Waals surface area contributed by atoms with Gasteiger partial charge in [0, 0.05) is 31.2 Å². The normalized spacial score (nSPS) is 15.9. The minimum atomic E-state index is -3.57. The minimum Gasteiger partial charge on any atom is -0.411 e. The first-order valence-corrected chi connectivity index (χ1v) is 12.6. The highest BCUT2D eigenvalue weighted by atomic mass is 32.2. The first-order valence-electron chi connectivity index (χ1n) is 10.2. The number of carbonyl (C=O) groups excluding carboxylic acids is 1. The second-order valence-corrected chi connectivity index (χ2v) is 10.6. The Morgan fingerprint density at radius 1 is 1.16 bits per heavy atom. The lowest BCUT2D eigenvalue weighted by atomic mass is 10.2. The molecule has 168 valence electrons. The van der Waals surface area contributed by atoms with Crippen LogP contribution in [0.5, 0.6) is 0 Å². The van der Waals surface area contributed by atoms with Crippen LogP contribution in [-0.2, 0) is 14.8 Å². The van der Waals surface area contributed by atoms with Crippen LogP contribution in [0.2, 0.25) is 0 Å². The van der Waals surface area contributed by atoms with Crippen molar-refractivity contribution in [3.8, 4) is 11.5 Å². The number of pyridine rings is 1. The third kappa shape index (κ3) is 5.17. The Bertz CT molecular complexity index is 1180. The van der Waals surface area contributed by atoms with Gasteiger partial charge >= 0.3 is 0 Å². The highest BCUT2D eigenvalue weighted by molar-refractivity contribution is 8.00. The first-order chi connectivity index (χ1) is 15.4. The summed E-state index contributed by atoms with van der Waals surface area (Å²) < 4.78 is 32.9. The standard InChI is InChI=1S/C21H23N5O4S2/c1-15(31-21-25-24-20(30-21)16-7-6-10-22-14-16)19(27)23-17-8-5-9-18(13-17)32(28,29)26-11-3-2-4-12-26/h5-10,13-15H,2-4,11-12H2,1H3,(H,23,27). The van der Waals surface area contributed by atoms with E-state index in [1.807, 2.05) is 0 Å². The van der Waals surface area contributed by atoms with E-state index in [0.717, 1.165) is 31.0 Å². The van der Waals surface area contributed by atoms with Gasteiger partial charge in [-0.15, -0.1) is 10.2 Å². The lowest BCUT2D eigenvalue weighted by molar-refractivity contribution is -0.115. The van der Waals surface area contributed by atoms with Gasteiger partial charge in [-0.05, 0) is 50.1 Å². The summed E-state index contributed by atoms with van der Waals surface area (Å²) in [4.78, 5) is 16.9. The monoisotopic (exact) mass is 473 g/mol. The molecule has 1 aliphatic heterocycles. The van der Waals surface area contributed by atoms with Crippen molar-refractivity contribution in [2.24, 2.45) is 0 Å². The molecule has 1 aromatic carbocycles. The van der Waals surface area contributed by atoms with Crippen LogP contribution in [0.1, 0.15) is 26.2 Å². The van der Waals surface area contributed by atoms with Gasteiger partial charge in [0.1, 0.15) is 0 Å². The van der Waals surface area contributed by atoms with Gasteiger partial charge in [-0.25, -0.2) is 8.42 Å². The van der Waals surface area contributed by atoms with Crippen molar-refractivity contribution in [3.05, 3.63) is 48.8 Å². The van der Waals surface area contributed by atoms with Gasteiger partial charge in [0.15, 0.2) is 0 Å². The van der Waals surface area contributed by atoms with E-state index in [0.29, 0.717) is 30.2 Å². The predicted molar refractivity (Wildman–Crippen MR) is 121 cm³/mol. The zero-order valence-electron chi connectivity index (χ0n) is 17.5. The number of aromatic nitrogens is 3. The van der Waals surface area contributed by atoms with Crippen molar-refractivity contribution < 1.29 is 17.6 Å². The number of nitrogens with one attached hydrogen (secondary N) is 1. The fourth-order valence-corrected chi connectivity index (χ4v) is 5.55. The summed E-state index contributed by atoms with van der Waals surface area (Å²) in [5.41, 5.74) is 1.11. The number of sulfonamides is 1. The van der Waals surface area contributed by atoms with E-state index < -0.39 is 15.3 Å². The average Bonchev–Trinajstić information content (AvgIpc) is 3.29. The number of nitrogens with zero attached hydrogens (tertiary/aromatic N) is 4. The molecular formula is C21H23N5O4S2. The topological polar surface area (TPSA) is 118 Å². The number of rotatable bonds is 7. The zero-order valence-corrected chi connectivity index (χ0v) is 19.1. The van der Waals surface area contributed by atoms with E-state index >= 15 is 0 Å². The molecular weight excluding hydrogens is 450 g/mol. The van der Waals surface area contributed by atoms with Crippen LogP contribution in [0.15, 0.2) is 63.3 Å². The Morgan fingerprint density at radius 2 is 1.97 bits per heavy atom. The Labute approximate surface area is 190 Å². The summed E-state index contributed by atoms with van der Waals surface area (Å²) in [5.74, 6) is 0.0208. The maximum absolute atomic E-state index is 12.9. The van der Waals surface area contributed by atoms with Crippen LogP contribution in [-0.4, -0.2) is 52.2 Å². The third-order valence-electron chi connectivity index (χ3n) is 5.02. The zero-order chi connectivity index (χ0) is 22.6. The van der Waals surface area contributed by atoms with Crippen LogP contribution >= 0.6 is 11.8 Å². The third-order valence-corrected chi connectivity index (χ3v) is 7.85. The Kier molecular flexibility index (Phi) is 6.87. The molecule has 11 heteroatoms. The van der Waals surface area contributed by atoms with E-state index in [2.05, 4.69) is 20.5 Å². The Hall–Kier alpha value is -2.76. The molecule has 4 rings (SSSR count). The van der Waals surface area contributed by atoms with Crippen molar-refractivity contribution in [1.82, 2.24) is 19.5 Å². The largest absolute Gasteiger partial charge is 0.411 e. The SMILES string of the molecule is CC(Sc1nnc(-c2cccnc2)o1)C(=O)Nc1cccc(S(=O)(=O)N2CCCCC2)c1. The van der Waals surface area contributed by atoms with E-state index in [-0.39, 0.29) is 16.0 Å². The summed E-state index contributed by atoms with van der Waals surface area (Å²) in [6, 6.07) is 9.90. The molecule has 1 amide bonds. The maximum Gasteiger partial charge on any atom is 0.277 e. The van der Waals surface area contributed by atoms with Gasteiger partial charge in [0.2, 0.25) is 21.8 Å². The number of piperidine rings is 1. The molecule has 0 spiro atoms. The number of hydrogen-bond acceptors (Lipinski definition) is 8. The minimum absolute atomic E-state index is 0.176. The molecule has 0 saturated carbocycles. The molecule has 9 nitrogen and oxygen atoms in total. The number of carbonyl (C=O) groups is 1. The van der Waals surface area contributed by atoms with Crippen molar-refractivity contribution >= 4 is 33.4 Å². The number of benzene rings is 1. The smallest absolute Gasteiger partial charge is 0.277 e. The van der Waals surface area contributed by atoms with Crippen LogP contribution in [0.4, 0.5) is 5.69 Å². The van der Waals surface area contributed by atoms with Crippen LogP contribution in [0.25, 0.3) is 11.5 Å². The predicted octanol–water partition coefficient (Wildman–Crippen LogP) is 3.43. The van der Waals surface area contributed by atoms with Gasteiger partial charge in [-0.3, -0.25) is 9.78 Å². The lowest BCUT2D eigenvalue weighted by Gasteiger charge is -2.26. The molecule has 1 saturated heterocycles. The summed E-state index contributed by atoms with van der Waals surface area (Å²) in [7, 11) is -3.57. The molecule has 1 atom stereocenters. The number of anilines is 1. The molecule has 3 aromatic rings. The second-order valence-electron chi connectivity index (χ2n) is 7.36. The van der Waals surface area contributed by atoms with E-state index in [1.165, 1.54) is 10.4 Å². The van der Waals surface area contributed by atoms with E-state index in [4.69, 9.17) is 4.42 Å². The Morgan fingerprint density at radius 3 is 2.72 bits per heavy atom. The van der Waals surface area contributed by atoms with Gasteiger partial charge in [-0.2, -0.15) is 4.31 Å². The lowest BCUT2D eigenvalue weighted by Crippen LogP contribution is -2.35. The summed E-state index contributed by atoms with van der Waals surface area (Å²) >= 11 is 1.12. The van der Waals surface area contributed by atoms with Crippen molar-refractivity contribution in [1.29, 1.82) is 0 Å². The molecule has 0 bridgehead atoms. The van der Waals surface area contributed by atoms with Crippen molar-refractivity contribution in [2.45, 2.75) is 41.6 Å². The molecule has 1 N–H and O–H groups in total. The van der Waals surface area contributed by atoms with Gasteiger partial charge < -0.3 is 9.73 Å². The van der Waals surface area contributed by atoms with Crippen molar-refractivity contribution in [2.75, 3.05) is 18.4 Å². The van der Waals surface area contributed by atoms with Gasteiger partial charge in [-0.1, -0.05) is 24.2 Å². The number of hydrogen-bond donors (Lipinski definition) is 1. The van der Waals surface area contributed by atoms with E-state index in [9.17, 15) is 13.2 Å². The van der Waals surface area contributed by atoms with Crippen molar-refractivity contribution in [3.63, 3.8) is 0 Å². The number of amides is 1. The summed E-state index contributed by atoms with van der Waals surface area (Å²) in [6.45, 7) is 2.76. The van der Waals surface area contributed by atoms with Crippen LogP contribution in [0.3, 0.4) is 0 Å². The first kappa shape index (κ1) is 22.4. The fourth-order valence-electron chi connectivity index (χ4n) is 3.30. The van der Waals surface area contributed by atoms with Crippen LogP contribution < -0.4 is 5.32 Å². The second kappa shape index (κ2) is 9.80. The highest BCUT2D eigenvalue weighted by Crippen LogP contribution is 2.27. The van der Waals surface area contributed by atoms with Gasteiger partial charge in [0.05, 0.1) is 15.7 Å². The van der Waals surface area contributed by atoms with Crippen LogP contribution in [0, 0.1) is 0 Å². The Balaban J connectivity index is 1.40. The number of thioether (sulfide) groups is 1. The fraction of sp³-hybridized carbons (Fsp3) is 0.333. The molecule has 1 unspecified atom stereocenters. The summed E-state index contributed by atoms with van der Waals surface area (Å²) in [6.07, 6.45) is 6.03. The average molecular weight is 474 g/mol. The molecule has 0 radical (unpaired) electrons. The molecule has 32 heavy (non-hydrogen) atoms. The quantitative estimate of drug-likeness (QED) is 0.519. The highest BCUT2D eigenvalue weighted by Gasteiger charge is 2.26. The molecule has 1 fully saturated rings. The molecule has 0 aliphatic carbocycles. The van der Waals surface area contributed by atoms with Gasteiger partial charge in [0.25, 0.3) is 5.22 Å².